The van der Waals surface area contributed by atoms with Gasteiger partial charge >= 0.3 is 0 Å². The Kier molecular flexibility index (Phi) is 6.69. The number of ether oxygens (including phenoxy) is 1. The normalized spacial score (nSPS) is 14.9. The van der Waals surface area contributed by atoms with Crippen molar-refractivity contribution >= 4 is 73.1 Å². The zero-order chi connectivity index (χ0) is 24.5. The van der Waals surface area contributed by atoms with E-state index in [4.69, 9.17) is 16.3 Å². The largest absolute Gasteiger partial charge is 0.489 e. The second-order valence-corrected chi connectivity index (χ2v) is 10.0. The van der Waals surface area contributed by atoms with Crippen molar-refractivity contribution in [3.63, 3.8) is 0 Å². The molecule has 3 aromatic carbocycles. The summed E-state index contributed by atoms with van der Waals surface area (Å²) in [5, 5.41) is 0.818. The van der Waals surface area contributed by atoms with E-state index in [9.17, 15) is 14.0 Å². The third kappa shape index (κ3) is 4.74. The summed E-state index contributed by atoms with van der Waals surface area (Å²) in [6, 6.07) is 18.8. The van der Waals surface area contributed by atoms with E-state index in [-0.39, 0.29) is 12.4 Å². The first kappa shape index (κ1) is 23.7. The lowest BCUT2D eigenvalue weighted by Gasteiger charge is -2.13. The average Bonchev–Trinajstić information content (AvgIpc) is 3.31. The number of fused-ring (bicyclic) bond motifs is 1. The Morgan fingerprint density at radius 2 is 1.83 bits per heavy atom. The van der Waals surface area contributed by atoms with Crippen LogP contribution in [-0.4, -0.2) is 22.3 Å². The number of hydrogen-bond donors (Lipinski definition) is 0. The van der Waals surface area contributed by atoms with Crippen molar-refractivity contribution in [2.45, 2.75) is 6.54 Å². The number of halogens is 3. The van der Waals surface area contributed by atoms with Gasteiger partial charge in [0.2, 0.25) is 0 Å². The predicted octanol–water partition coefficient (Wildman–Crippen LogP) is 7.52. The van der Waals surface area contributed by atoms with Gasteiger partial charge in [0.15, 0.2) is 11.6 Å². The zero-order valence-electron chi connectivity index (χ0n) is 18.1. The van der Waals surface area contributed by atoms with Crippen molar-refractivity contribution in [3.8, 4) is 5.75 Å². The van der Waals surface area contributed by atoms with Gasteiger partial charge in [-0.1, -0.05) is 51.8 Å². The molecule has 1 aromatic heterocycles. The van der Waals surface area contributed by atoms with Crippen LogP contribution < -0.4 is 9.64 Å². The lowest BCUT2D eigenvalue weighted by molar-refractivity contribution is -0.113. The molecule has 1 saturated heterocycles. The third-order valence-corrected chi connectivity index (χ3v) is 7.16. The molecule has 1 fully saturated rings. The summed E-state index contributed by atoms with van der Waals surface area (Å²) in [6.45, 7) is 0.713. The van der Waals surface area contributed by atoms with Gasteiger partial charge in [-0.05, 0) is 60.3 Å². The van der Waals surface area contributed by atoms with Gasteiger partial charge in [-0.2, -0.15) is 0 Å². The number of hydrogen-bond acceptors (Lipinski definition) is 4. The molecule has 2 heterocycles. The molecule has 0 spiro atoms. The van der Waals surface area contributed by atoms with Crippen molar-refractivity contribution in [2.75, 3.05) is 11.5 Å². The maximum absolute atomic E-state index is 13.9. The van der Waals surface area contributed by atoms with Gasteiger partial charge < -0.3 is 9.30 Å². The average molecular weight is 572 g/mol. The van der Waals surface area contributed by atoms with Crippen LogP contribution in [0.4, 0.5) is 14.9 Å². The van der Waals surface area contributed by atoms with Crippen LogP contribution >= 0.6 is 39.3 Å². The summed E-state index contributed by atoms with van der Waals surface area (Å²) >= 11 is 10.6. The smallest absolute Gasteiger partial charge is 0.298 e. The number of carbonyl (C=O) groups is 2. The van der Waals surface area contributed by atoms with E-state index in [2.05, 4.69) is 15.9 Å². The second-order valence-electron chi connectivity index (χ2n) is 7.69. The minimum Gasteiger partial charge on any atom is -0.489 e. The number of benzene rings is 3. The summed E-state index contributed by atoms with van der Waals surface area (Å²) in [6.07, 6.45) is 3.61. The monoisotopic (exact) mass is 570 g/mol. The van der Waals surface area contributed by atoms with Gasteiger partial charge in [-0.25, -0.2) is 9.29 Å². The second kappa shape index (κ2) is 9.89. The number of amides is 2. The summed E-state index contributed by atoms with van der Waals surface area (Å²) < 4.78 is 22.3. The molecular weight excluding hydrogens is 555 g/mol. The molecule has 0 saturated carbocycles. The number of rotatable bonds is 6. The zero-order valence-corrected chi connectivity index (χ0v) is 21.2. The van der Waals surface area contributed by atoms with Crippen LogP contribution in [0, 0.1) is 5.82 Å². The van der Waals surface area contributed by atoms with E-state index in [0.29, 0.717) is 22.2 Å². The van der Waals surface area contributed by atoms with E-state index in [1.54, 1.807) is 48.5 Å². The highest BCUT2D eigenvalue weighted by Crippen LogP contribution is 2.39. The Hall–Kier alpha value is -3.07. The first-order valence-corrected chi connectivity index (χ1v) is 12.6. The number of carbonyl (C=O) groups excluding carboxylic acids is 2. The molecule has 0 radical (unpaired) electrons. The minimum atomic E-state index is -0.424. The Morgan fingerprint density at radius 1 is 1.06 bits per heavy atom. The molecule has 0 aliphatic carbocycles. The van der Waals surface area contributed by atoms with Gasteiger partial charge in [0.1, 0.15) is 6.61 Å². The minimum absolute atomic E-state index is 0.195. The molecular formula is C26H17BrClFN2O3S. The standard InChI is InChI=1S/C26H17BrClFN2O3S/c27-17-9-10-21-18(14-17)16(15-30(21)11-12-34-23-8-4-2-6-20(23)29)13-24-25(32)31(26(33)35-24)22-7-3-1-5-19(22)28/h1-10,13-15H,11-12H2/b24-13-. The van der Waals surface area contributed by atoms with Gasteiger partial charge in [-0.3, -0.25) is 9.59 Å². The molecule has 5 rings (SSSR count). The molecule has 0 bridgehead atoms. The fourth-order valence-electron chi connectivity index (χ4n) is 3.86. The van der Waals surface area contributed by atoms with Crippen LogP contribution in [-0.2, 0) is 11.3 Å². The molecule has 1 aliphatic heterocycles. The Morgan fingerprint density at radius 3 is 2.63 bits per heavy atom. The Bertz CT molecular complexity index is 1500. The van der Waals surface area contributed by atoms with E-state index in [1.807, 2.05) is 29.0 Å². The van der Waals surface area contributed by atoms with Crippen LogP contribution in [0.15, 0.2) is 82.3 Å². The molecule has 0 atom stereocenters. The van der Waals surface area contributed by atoms with Crippen LogP contribution in [0.5, 0.6) is 5.75 Å². The third-order valence-electron chi connectivity index (χ3n) is 5.47. The lowest BCUT2D eigenvalue weighted by Crippen LogP contribution is -2.27. The van der Waals surface area contributed by atoms with E-state index in [0.717, 1.165) is 37.6 Å². The van der Waals surface area contributed by atoms with Crippen LogP contribution in [0.1, 0.15) is 5.56 Å². The van der Waals surface area contributed by atoms with Gasteiger partial charge in [0, 0.05) is 27.1 Å². The maximum Gasteiger partial charge on any atom is 0.298 e. The molecule has 0 N–H and O–H groups in total. The van der Waals surface area contributed by atoms with Crippen LogP contribution in [0.2, 0.25) is 5.02 Å². The number of para-hydroxylation sites is 2. The molecule has 4 aromatic rings. The van der Waals surface area contributed by atoms with E-state index < -0.39 is 17.0 Å². The first-order valence-electron chi connectivity index (χ1n) is 10.6. The summed E-state index contributed by atoms with van der Waals surface area (Å²) in [4.78, 5) is 27.2. The summed E-state index contributed by atoms with van der Waals surface area (Å²) in [5.74, 6) is -0.643. The van der Waals surface area contributed by atoms with Crippen LogP contribution in [0.3, 0.4) is 0 Å². The quantitative estimate of drug-likeness (QED) is 0.225. The summed E-state index contributed by atoms with van der Waals surface area (Å²) in [7, 11) is 0. The molecule has 35 heavy (non-hydrogen) atoms. The van der Waals surface area contributed by atoms with Crippen molar-refractivity contribution in [1.82, 2.24) is 4.57 Å². The number of nitrogens with zero attached hydrogens (tertiary/aromatic N) is 2. The van der Waals surface area contributed by atoms with Crippen molar-refractivity contribution in [3.05, 3.63) is 98.7 Å². The van der Waals surface area contributed by atoms with Crippen molar-refractivity contribution in [2.24, 2.45) is 0 Å². The van der Waals surface area contributed by atoms with Crippen molar-refractivity contribution < 1.29 is 18.7 Å². The highest BCUT2D eigenvalue weighted by Gasteiger charge is 2.37. The topological polar surface area (TPSA) is 51.5 Å². The number of imide groups is 1. The molecule has 176 valence electrons. The highest BCUT2D eigenvalue weighted by atomic mass is 79.9. The first-order chi connectivity index (χ1) is 16.9. The number of aromatic nitrogens is 1. The number of anilines is 1. The van der Waals surface area contributed by atoms with E-state index >= 15 is 0 Å². The maximum atomic E-state index is 13.9. The fraction of sp³-hybridized carbons (Fsp3) is 0.0769. The predicted molar refractivity (Wildman–Crippen MR) is 141 cm³/mol. The molecule has 5 nitrogen and oxygen atoms in total. The molecule has 9 heteroatoms. The Balaban J connectivity index is 1.45. The van der Waals surface area contributed by atoms with Gasteiger partial charge in [-0.15, -0.1) is 0 Å². The highest BCUT2D eigenvalue weighted by molar-refractivity contribution is 9.10. The SMILES string of the molecule is O=C1S/C(=C\c2cn(CCOc3ccccc3F)c3ccc(Br)cc23)C(=O)N1c1ccccc1Cl. The van der Waals surface area contributed by atoms with Crippen LogP contribution in [0.25, 0.3) is 17.0 Å². The molecule has 2 amide bonds. The fourth-order valence-corrected chi connectivity index (χ4v) is 5.27. The molecule has 1 aliphatic rings. The Labute approximate surface area is 218 Å². The molecule has 0 unspecified atom stereocenters. The van der Waals surface area contributed by atoms with Gasteiger partial charge in [0.25, 0.3) is 11.1 Å². The van der Waals surface area contributed by atoms with Crippen molar-refractivity contribution in [1.29, 1.82) is 0 Å². The lowest BCUT2D eigenvalue weighted by atomic mass is 10.1. The number of thioether (sulfide) groups is 1. The summed E-state index contributed by atoms with van der Waals surface area (Å²) in [5.41, 5.74) is 2.05. The van der Waals surface area contributed by atoms with Gasteiger partial charge in [0.05, 0.1) is 22.2 Å². The van der Waals surface area contributed by atoms with E-state index in [1.165, 1.54) is 6.07 Å².